The smallest absolute Gasteiger partial charge is 0.340 e. The van der Waals surface area contributed by atoms with Crippen molar-refractivity contribution in [3.63, 3.8) is 0 Å². The number of anilines is 1. The average Bonchev–Trinajstić information content (AvgIpc) is 2.58. The van der Waals surface area contributed by atoms with Gasteiger partial charge in [-0.2, -0.15) is 0 Å². The number of aliphatic hydroxyl groups is 1. The maximum Gasteiger partial charge on any atom is 0.340 e. The van der Waals surface area contributed by atoms with Crippen LogP contribution in [0.5, 0.6) is 0 Å². The first-order valence-corrected chi connectivity index (χ1v) is 7.52. The number of nitrogens with one attached hydrogen (secondary N) is 1. The summed E-state index contributed by atoms with van der Waals surface area (Å²) < 4.78 is 5.32. The van der Waals surface area contributed by atoms with E-state index in [4.69, 9.17) is 16.3 Å². The molecule has 0 aliphatic heterocycles. The lowest BCUT2D eigenvalue weighted by molar-refractivity contribution is 0.0473. The van der Waals surface area contributed by atoms with Crippen LogP contribution in [0.1, 0.15) is 15.9 Å². The van der Waals surface area contributed by atoms with Gasteiger partial charge in [-0.15, -0.1) is 11.6 Å². The van der Waals surface area contributed by atoms with Gasteiger partial charge in [0.1, 0.15) is 6.61 Å². The summed E-state index contributed by atoms with van der Waals surface area (Å²) in [4.78, 5) is 12.2. The highest BCUT2D eigenvalue weighted by Gasteiger charge is 2.13. The molecule has 0 spiro atoms. The van der Waals surface area contributed by atoms with Gasteiger partial charge in [0.25, 0.3) is 0 Å². The lowest BCUT2D eigenvalue weighted by Crippen LogP contribution is -2.22. The number of esters is 1. The average molecular weight is 320 g/mol. The fourth-order valence-electron chi connectivity index (χ4n) is 1.90. The van der Waals surface area contributed by atoms with Crippen LogP contribution in [0.3, 0.4) is 0 Å². The number of benzene rings is 2. The molecule has 0 aliphatic carbocycles. The molecular formula is C17H18ClNO3. The molecule has 2 aromatic rings. The Balaban J connectivity index is 1.99. The van der Waals surface area contributed by atoms with E-state index in [1.54, 1.807) is 18.2 Å². The highest BCUT2D eigenvalue weighted by Crippen LogP contribution is 2.17. The highest BCUT2D eigenvalue weighted by molar-refractivity contribution is 6.18. The molecule has 4 nitrogen and oxygen atoms in total. The molecule has 22 heavy (non-hydrogen) atoms. The number of aliphatic hydroxyl groups excluding tert-OH is 1. The Kier molecular flexibility index (Phi) is 6.25. The van der Waals surface area contributed by atoms with E-state index in [1.807, 2.05) is 36.4 Å². The summed E-state index contributed by atoms with van der Waals surface area (Å²) in [6.45, 7) is 0.491. The Labute approximate surface area is 134 Å². The second-order valence-corrected chi connectivity index (χ2v) is 5.10. The van der Waals surface area contributed by atoms with Gasteiger partial charge in [-0.3, -0.25) is 0 Å². The Hall–Kier alpha value is -2.04. The summed E-state index contributed by atoms with van der Waals surface area (Å²) in [5.74, 6) is -0.277. The van der Waals surface area contributed by atoms with Crippen molar-refractivity contribution >= 4 is 23.3 Å². The zero-order chi connectivity index (χ0) is 15.8. The number of para-hydroxylation sites is 1. The predicted octanol–water partition coefficient (Wildman–Crippen LogP) is 3.06. The highest BCUT2D eigenvalue weighted by atomic mass is 35.5. The number of hydrogen-bond donors (Lipinski definition) is 2. The van der Waals surface area contributed by atoms with Crippen LogP contribution in [0, 0.1) is 0 Å². The van der Waals surface area contributed by atoms with Gasteiger partial charge in [0.2, 0.25) is 0 Å². The van der Waals surface area contributed by atoms with E-state index < -0.39 is 12.1 Å². The predicted molar refractivity (Wildman–Crippen MR) is 87.2 cm³/mol. The number of ether oxygens (including phenoxy) is 1. The summed E-state index contributed by atoms with van der Waals surface area (Å²) in [5, 5.41) is 12.5. The molecule has 0 heterocycles. The SMILES string of the molecule is O=C(OCc1ccccc1)c1ccccc1NCC(O)CCl. The zero-order valence-corrected chi connectivity index (χ0v) is 12.8. The van der Waals surface area contributed by atoms with Crippen LogP contribution in [0.2, 0.25) is 0 Å². The van der Waals surface area contributed by atoms with Crippen molar-refractivity contribution in [2.45, 2.75) is 12.7 Å². The number of halogens is 1. The van der Waals surface area contributed by atoms with Crippen LogP contribution in [0.25, 0.3) is 0 Å². The molecule has 2 aromatic carbocycles. The van der Waals surface area contributed by atoms with Crippen LogP contribution in [-0.4, -0.2) is 29.6 Å². The third kappa shape index (κ3) is 4.76. The van der Waals surface area contributed by atoms with Crippen molar-refractivity contribution < 1.29 is 14.6 Å². The lowest BCUT2D eigenvalue weighted by Gasteiger charge is -2.13. The summed E-state index contributed by atoms with van der Waals surface area (Å²) >= 11 is 5.56. The number of rotatable bonds is 7. The standard InChI is InChI=1S/C17H18ClNO3/c18-10-14(20)11-19-16-9-5-4-8-15(16)17(21)22-12-13-6-2-1-3-7-13/h1-9,14,19-20H,10-12H2. The molecule has 116 valence electrons. The molecule has 5 heteroatoms. The molecule has 0 amide bonds. The Morgan fingerprint density at radius 1 is 1.14 bits per heavy atom. The molecule has 1 atom stereocenters. The Bertz CT molecular complexity index is 604. The number of carbonyl (C=O) groups excluding carboxylic acids is 1. The van der Waals surface area contributed by atoms with E-state index in [0.717, 1.165) is 5.56 Å². The molecule has 2 rings (SSSR count). The topological polar surface area (TPSA) is 58.6 Å². The first-order chi connectivity index (χ1) is 10.7. The van der Waals surface area contributed by atoms with Crippen molar-refractivity contribution in [3.05, 3.63) is 65.7 Å². The van der Waals surface area contributed by atoms with E-state index in [1.165, 1.54) is 0 Å². The number of hydrogen-bond acceptors (Lipinski definition) is 4. The van der Waals surface area contributed by atoms with Crippen LogP contribution < -0.4 is 5.32 Å². The molecule has 0 saturated heterocycles. The van der Waals surface area contributed by atoms with Gasteiger partial charge in [0.05, 0.1) is 17.5 Å². The van der Waals surface area contributed by atoms with Crippen LogP contribution >= 0.6 is 11.6 Å². The minimum absolute atomic E-state index is 0.133. The van der Waals surface area contributed by atoms with E-state index in [0.29, 0.717) is 11.3 Å². The minimum atomic E-state index is -0.671. The van der Waals surface area contributed by atoms with Crippen LogP contribution in [0.15, 0.2) is 54.6 Å². The van der Waals surface area contributed by atoms with Crippen molar-refractivity contribution in [2.24, 2.45) is 0 Å². The van der Waals surface area contributed by atoms with E-state index in [2.05, 4.69) is 5.32 Å². The number of carbonyl (C=O) groups is 1. The minimum Gasteiger partial charge on any atom is -0.457 e. The van der Waals surface area contributed by atoms with Gasteiger partial charge >= 0.3 is 5.97 Å². The molecule has 0 fully saturated rings. The van der Waals surface area contributed by atoms with Gasteiger partial charge in [0, 0.05) is 12.2 Å². The zero-order valence-electron chi connectivity index (χ0n) is 12.0. The molecule has 0 aliphatic rings. The van der Waals surface area contributed by atoms with Crippen LogP contribution in [0.4, 0.5) is 5.69 Å². The van der Waals surface area contributed by atoms with Crippen molar-refractivity contribution in [1.29, 1.82) is 0 Å². The van der Waals surface area contributed by atoms with Gasteiger partial charge in [-0.1, -0.05) is 42.5 Å². The second kappa shape index (κ2) is 8.41. The molecule has 1 unspecified atom stereocenters. The second-order valence-electron chi connectivity index (χ2n) is 4.80. The maximum absolute atomic E-state index is 12.2. The summed E-state index contributed by atoms with van der Waals surface area (Å²) in [5.41, 5.74) is 1.98. The van der Waals surface area contributed by atoms with E-state index >= 15 is 0 Å². The van der Waals surface area contributed by atoms with Gasteiger partial charge in [-0.05, 0) is 17.7 Å². The quantitative estimate of drug-likeness (QED) is 0.608. The Morgan fingerprint density at radius 3 is 2.55 bits per heavy atom. The lowest BCUT2D eigenvalue weighted by atomic mass is 10.1. The normalized spacial score (nSPS) is 11.7. The third-order valence-electron chi connectivity index (χ3n) is 3.07. The van der Waals surface area contributed by atoms with E-state index in [-0.39, 0.29) is 19.0 Å². The first-order valence-electron chi connectivity index (χ1n) is 6.98. The maximum atomic E-state index is 12.2. The van der Waals surface area contributed by atoms with Gasteiger partial charge < -0.3 is 15.2 Å². The molecule has 0 radical (unpaired) electrons. The largest absolute Gasteiger partial charge is 0.457 e. The molecule has 0 bridgehead atoms. The van der Waals surface area contributed by atoms with Crippen molar-refractivity contribution in [1.82, 2.24) is 0 Å². The molecule has 2 N–H and O–H groups in total. The Morgan fingerprint density at radius 2 is 1.82 bits per heavy atom. The molecule has 0 saturated carbocycles. The first kappa shape index (κ1) is 16.3. The van der Waals surface area contributed by atoms with Crippen molar-refractivity contribution in [2.75, 3.05) is 17.7 Å². The van der Waals surface area contributed by atoms with Crippen molar-refractivity contribution in [3.8, 4) is 0 Å². The summed E-state index contributed by atoms with van der Waals surface area (Å²) in [6, 6.07) is 16.5. The summed E-state index contributed by atoms with van der Waals surface area (Å²) in [6.07, 6.45) is -0.671. The number of alkyl halides is 1. The van der Waals surface area contributed by atoms with E-state index in [9.17, 15) is 9.90 Å². The monoisotopic (exact) mass is 319 g/mol. The van der Waals surface area contributed by atoms with Crippen LogP contribution in [-0.2, 0) is 11.3 Å². The van der Waals surface area contributed by atoms with Gasteiger partial charge in [0.15, 0.2) is 0 Å². The molecule has 0 aromatic heterocycles. The summed E-state index contributed by atoms with van der Waals surface area (Å²) in [7, 11) is 0. The molecular weight excluding hydrogens is 302 g/mol. The fourth-order valence-corrected chi connectivity index (χ4v) is 2.01. The third-order valence-corrected chi connectivity index (χ3v) is 3.42. The van der Waals surface area contributed by atoms with Gasteiger partial charge in [-0.25, -0.2) is 4.79 Å². The fraction of sp³-hybridized carbons (Fsp3) is 0.235.